The van der Waals surface area contributed by atoms with Crippen LogP contribution in [0.4, 0.5) is 0 Å². The second kappa shape index (κ2) is 9.72. The number of imidazole rings is 1. The molecule has 0 aliphatic carbocycles. The molecule has 0 saturated heterocycles. The van der Waals surface area contributed by atoms with Gasteiger partial charge in [-0.25, -0.2) is 14.3 Å². The zero-order valence-corrected chi connectivity index (χ0v) is 19.2. The summed E-state index contributed by atoms with van der Waals surface area (Å²) in [6.07, 6.45) is 2.34. The molecule has 174 valence electrons. The highest BCUT2D eigenvalue weighted by atomic mass is 35.5. The summed E-state index contributed by atoms with van der Waals surface area (Å²) in [5.41, 5.74) is 0.271. The summed E-state index contributed by atoms with van der Waals surface area (Å²) in [7, 11) is 0. The average molecular weight is 473 g/mol. The molecular formula is C22H25ClN6O4. The van der Waals surface area contributed by atoms with Crippen molar-refractivity contribution in [3.63, 3.8) is 0 Å². The van der Waals surface area contributed by atoms with Gasteiger partial charge in [-0.15, -0.1) is 0 Å². The maximum Gasteiger partial charge on any atom is 0.333 e. The minimum absolute atomic E-state index is 0.129. The summed E-state index contributed by atoms with van der Waals surface area (Å²) in [6.45, 7) is 4.38. The molecule has 4 rings (SSSR count). The highest BCUT2D eigenvalue weighted by Crippen LogP contribution is 2.19. The van der Waals surface area contributed by atoms with Gasteiger partial charge in [-0.2, -0.15) is 4.98 Å². The molecule has 0 fully saturated rings. The summed E-state index contributed by atoms with van der Waals surface area (Å²) in [4.78, 5) is 35.5. The zero-order chi connectivity index (χ0) is 23.5. The number of aromatic nitrogens is 6. The Morgan fingerprint density at radius 3 is 2.42 bits per heavy atom. The number of unbranched alkanes of at least 4 members (excludes halogenated alkanes) is 1. The molecule has 0 radical (unpaired) electrons. The Morgan fingerprint density at radius 1 is 1.00 bits per heavy atom. The van der Waals surface area contributed by atoms with Gasteiger partial charge >= 0.3 is 5.69 Å². The lowest BCUT2D eigenvalue weighted by atomic mass is 10.2. The van der Waals surface area contributed by atoms with E-state index < -0.39 is 11.2 Å². The van der Waals surface area contributed by atoms with Gasteiger partial charge in [0.2, 0.25) is 11.7 Å². The second-order valence-corrected chi connectivity index (χ2v) is 8.14. The van der Waals surface area contributed by atoms with Crippen LogP contribution < -0.4 is 11.2 Å². The van der Waals surface area contributed by atoms with Gasteiger partial charge < -0.3 is 14.2 Å². The van der Waals surface area contributed by atoms with Crippen LogP contribution >= 0.6 is 11.6 Å². The minimum Gasteiger partial charge on any atom is -0.388 e. The number of hydrogen-bond acceptors (Lipinski definition) is 7. The van der Waals surface area contributed by atoms with Crippen molar-refractivity contribution in [2.24, 2.45) is 0 Å². The summed E-state index contributed by atoms with van der Waals surface area (Å²) in [5.74, 6) is 0.819. The molecule has 33 heavy (non-hydrogen) atoms. The van der Waals surface area contributed by atoms with E-state index in [2.05, 4.69) is 15.1 Å². The van der Waals surface area contributed by atoms with Crippen LogP contribution in [-0.2, 0) is 26.2 Å². The van der Waals surface area contributed by atoms with E-state index in [0.29, 0.717) is 41.0 Å². The molecule has 1 aromatic carbocycles. The van der Waals surface area contributed by atoms with Gasteiger partial charge in [0, 0.05) is 23.7 Å². The van der Waals surface area contributed by atoms with Gasteiger partial charge in [-0.3, -0.25) is 9.36 Å². The first-order valence-corrected chi connectivity index (χ1v) is 11.3. The number of halogens is 1. The largest absolute Gasteiger partial charge is 0.388 e. The lowest BCUT2D eigenvalue weighted by molar-refractivity contribution is 0.265. The van der Waals surface area contributed by atoms with Crippen LogP contribution in [0.15, 0.2) is 38.4 Å². The van der Waals surface area contributed by atoms with E-state index in [1.165, 1.54) is 4.57 Å². The molecule has 0 atom stereocenters. The Balaban J connectivity index is 1.83. The average Bonchev–Trinajstić information content (AvgIpc) is 3.42. The standard InChI is InChI=1S/C22H25ClN6O4/c1-3-5-11-28-20-18(27(10-4-2)16(13-30)24-20)21(31)29(22(28)32)12-17-25-19(26-33-17)14-6-8-15(23)9-7-14/h6-9,30H,3-5,10-13H2,1-2H3. The predicted molar refractivity (Wildman–Crippen MR) is 123 cm³/mol. The number of rotatable bonds is 9. The topological polar surface area (TPSA) is 121 Å². The minimum atomic E-state index is -0.505. The third-order valence-electron chi connectivity index (χ3n) is 5.38. The second-order valence-electron chi connectivity index (χ2n) is 7.71. The number of benzene rings is 1. The van der Waals surface area contributed by atoms with Gasteiger partial charge in [0.15, 0.2) is 11.2 Å². The first kappa shape index (κ1) is 22.9. The van der Waals surface area contributed by atoms with E-state index in [1.54, 1.807) is 28.8 Å². The molecule has 0 unspecified atom stereocenters. The van der Waals surface area contributed by atoms with Crippen molar-refractivity contribution >= 4 is 22.8 Å². The first-order chi connectivity index (χ1) is 16.0. The van der Waals surface area contributed by atoms with Crippen LogP contribution in [0.3, 0.4) is 0 Å². The maximum absolute atomic E-state index is 13.4. The fourth-order valence-electron chi connectivity index (χ4n) is 3.75. The van der Waals surface area contributed by atoms with Crippen molar-refractivity contribution in [3.05, 3.63) is 61.8 Å². The molecule has 11 heteroatoms. The van der Waals surface area contributed by atoms with Gasteiger partial charge in [-0.1, -0.05) is 37.0 Å². The molecule has 10 nitrogen and oxygen atoms in total. The molecule has 0 spiro atoms. The van der Waals surface area contributed by atoms with Crippen LogP contribution in [-0.4, -0.2) is 33.9 Å². The normalized spacial score (nSPS) is 11.5. The quantitative estimate of drug-likeness (QED) is 0.397. The molecule has 0 amide bonds. The van der Waals surface area contributed by atoms with Gasteiger partial charge in [0.05, 0.1) is 0 Å². The lowest BCUT2D eigenvalue weighted by Gasteiger charge is -2.11. The van der Waals surface area contributed by atoms with Crippen LogP contribution in [0.25, 0.3) is 22.6 Å². The van der Waals surface area contributed by atoms with E-state index >= 15 is 0 Å². The number of hydrogen-bond donors (Lipinski definition) is 1. The fraction of sp³-hybridized carbons (Fsp3) is 0.409. The highest BCUT2D eigenvalue weighted by molar-refractivity contribution is 6.30. The molecule has 0 aliphatic rings. The number of fused-ring (bicyclic) bond motifs is 1. The monoisotopic (exact) mass is 472 g/mol. The van der Waals surface area contributed by atoms with Crippen LogP contribution in [0.5, 0.6) is 0 Å². The summed E-state index contributed by atoms with van der Waals surface area (Å²) in [6, 6.07) is 6.94. The predicted octanol–water partition coefficient (Wildman–Crippen LogP) is 2.81. The van der Waals surface area contributed by atoms with Crippen LogP contribution in [0, 0.1) is 0 Å². The lowest BCUT2D eigenvalue weighted by Crippen LogP contribution is -2.41. The molecule has 4 aromatic rings. The summed E-state index contributed by atoms with van der Waals surface area (Å²) in [5, 5.41) is 14.3. The third kappa shape index (κ3) is 4.36. The van der Waals surface area contributed by atoms with E-state index in [0.717, 1.165) is 23.8 Å². The highest BCUT2D eigenvalue weighted by Gasteiger charge is 2.22. The Labute approximate surface area is 194 Å². The Morgan fingerprint density at radius 2 is 1.76 bits per heavy atom. The fourth-order valence-corrected chi connectivity index (χ4v) is 3.87. The summed E-state index contributed by atoms with van der Waals surface area (Å²) >= 11 is 5.93. The maximum atomic E-state index is 13.4. The van der Waals surface area contributed by atoms with Crippen molar-refractivity contribution in [3.8, 4) is 11.4 Å². The SMILES string of the molecule is CCCCn1c(=O)n(Cc2nc(-c3ccc(Cl)cc3)no2)c(=O)c2c1nc(CO)n2CCC. The Bertz CT molecular complexity index is 1380. The van der Waals surface area contributed by atoms with Gasteiger partial charge in [-0.05, 0) is 37.1 Å². The molecule has 3 aromatic heterocycles. The van der Waals surface area contributed by atoms with Crippen molar-refractivity contribution in [1.29, 1.82) is 0 Å². The van der Waals surface area contributed by atoms with Gasteiger partial charge in [0.1, 0.15) is 19.0 Å². The van der Waals surface area contributed by atoms with Crippen molar-refractivity contribution in [2.75, 3.05) is 0 Å². The Hall–Kier alpha value is -3.24. The molecular weight excluding hydrogens is 448 g/mol. The number of aryl methyl sites for hydroxylation is 2. The number of nitrogens with zero attached hydrogens (tertiary/aromatic N) is 6. The smallest absolute Gasteiger partial charge is 0.333 e. The number of aliphatic hydroxyl groups is 1. The van der Waals surface area contributed by atoms with E-state index in [1.807, 2.05) is 13.8 Å². The van der Waals surface area contributed by atoms with Gasteiger partial charge in [0.25, 0.3) is 5.56 Å². The van der Waals surface area contributed by atoms with Crippen molar-refractivity contribution < 1.29 is 9.63 Å². The Kier molecular flexibility index (Phi) is 6.75. The van der Waals surface area contributed by atoms with Crippen molar-refractivity contribution in [1.82, 2.24) is 28.8 Å². The third-order valence-corrected chi connectivity index (χ3v) is 5.63. The molecule has 0 aliphatic heterocycles. The van der Waals surface area contributed by atoms with Crippen LogP contribution in [0.1, 0.15) is 44.8 Å². The van der Waals surface area contributed by atoms with Crippen LogP contribution in [0.2, 0.25) is 5.02 Å². The van der Waals surface area contributed by atoms with Crippen molar-refractivity contribution in [2.45, 2.75) is 59.4 Å². The van der Waals surface area contributed by atoms with E-state index in [4.69, 9.17) is 16.1 Å². The molecule has 0 saturated carbocycles. The molecule has 3 heterocycles. The summed E-state index contributed by atoms with van der Waals surface area (Å²) < 4.78 is 9.60. The van der Waals surface area contributed by atoms with E-state index in [9.17, 15) is 14.7 Å². The van der Waals surface area contributed by atoms with E-state index in [-0.39, 0.29) is 24.6 Å². The molecule has 1 N–H and O–H groups in total. The first-order valence-electron chi connectivity index (χ1n) is 10.9. The molecule has 0 bridgehead atoms. The number of aliphatic hydroxyl groups excluding tert-OH is 1. The zero-order valence-electron chi connectivity index (χ0n) is 18.5.